The quantitative estimate of drug-likeness (QED) is 0.650. The average molecular weight is 328 g/mol. The topological polar surface area (TPSA) is 48.7 Å². The summed E-state index contributed by atoms with van der Waals surface area (Å²) in [4.78, 5) is 12.2. The van der Waals surface area contributed by atoms with Crippen molar-refractivity contribution in [3.8, 4) is 5.75 Å². The number of methoxy groups -OCH3 is 1. The maximum atomic E-state index is 12.9. The number of rotatable bonds is 5. The number of hydrogen-bond donors (Lipinski definition) is 0. The third kappa shape index (κ3) is 3.40. The first-order valence-corrected chi connectivity index (χ1v) is 7.56. The second-order valence-electron chi connectivity index (χ2n) is 5.48. The lowest BCUT2D eigenvalue weighted by Crippen LogP contribution is -2.11. The van der Waals surface area contributed by atoms with E-state index in [2.05, 4.69) is 0 Å². The molecule has 0 spiro atoms. The molecule has 3 rings (SSSR count). The molecule has 0 saturated heterocycles. The maximum absolute atomic E-state index is 12.9. The van der Waals surface area contributed by atoms with Crippen LogP contribution >= 0.6 is 0 Å². The van der Waals surface area contributed by atoms with Crippen molar-refractivity contribution in [3.05, 3.63) is 65.7 Å². The Hall–Kier alpha value is -2.82. The summed E-state index contributed by atoms with van der Waals surface area (Å²) in [6.45, 7) is 1.75. The predicted octanol–water partition coefficient (Wildman–Crippen LogP) is 4.43. The largest absolute Gasteiger partial charge is 0.497 e. The van der Waals surface area contributed by atoms with E-state index in [1.54, 1.807) is 38.5 Å². The molecule has 0 aliphatic heterocycles. The zero-order valence-electron chi connectivity index (χ0n) is 13.4. The summed E-state index contributed by atoms with van der Waals surface area (Å²) in [5.41, 5.74) is 2.15. The Bertz CT molecular complexity index is 851. The average Bonchev–Trinajstić information content (AvgIpc) is 2.97. The Kier molecular flexibility index (Phi) is 4.51. The van der Waals surface area contributed by atoms with E-state index in [-0.39, 0.29) is 18.2 Å². The van der Waals surface area contributed by atoms with Crippen LogP contribution in [0.2, 0.25) is 0 Å². The number of benzene rings is 2. The fourth-order valence-electron chi connectivity index (χ4n) is 2.52. The van der Waals surface area contributed by atoms with Crippen molar-refractivity contribution in [1.29, 1.82) is 0 Å². The molecule has 1 aromatic heterocycles. The zero-order chi connectivity index (χ0) is 17.1. The van der Waals surface area contributed by atoms with E-state index in [4.69, 9.17) is 13.9 Å². The molecular weight excluding hydrogens is 311 g/mol. The molecule has 2 aromatic carbocycles. The summed E-state index contributed by atoms with van der Waals surface area (Å²) in [5, 5.41) is 0.849. The molecule has 0 fully saturated rings. The van der Waals surface area contributed by atoms with Crippen molar-refractivity contribution in [3.63, 3.8) is 0 Å². The molecule has 5 heteroatoms. The summed E-state index contributed by atoms with van der Waals surface area (Å²) in [6.07, 6.45) is 1.20. The number of hydrogen-bond acceptors (Lipinski definition) is 4. The van der Waals surface area contributed by atoms with Gasteiger partial charge in [-0.05, 0) is 36.8 Å². The van der Waals surface area contributed by atoms with Crippen LogP contribution in [0.4, 0.5) is 4.39 Å². The number of fused-ring (bicyclic) bond motifs is 1. The second kappa shape index (κ2) is 6.74. The molecule has 0 aliphatic carbocycles. The van der Waals surface area contributed by atoms with E-state index < -0.39 is 6.10 Å². The summed E-state index contributed by atoms with van der Waals surface area (Å²) in [5.74, 6) is -0.00109. The molecular formula is C19H17FO4. The molecule has 3 aromatic rings. The Morgan fingerprint density at radius 1 is 1.21 bits per heavy atom. The molecule has 0 bridgehead atoms. The fraction of sp³-hybridized carbons (Fsp3) is 0.211. The van der Waals surface area contributed by atoms with Crippen LogP contribution in [0.1, 0.15) is 24.2 Å². The van der Waals surface area contributed by atoms with Gasteiger partial charge in [-0.25, -0.2) is 4.39 Å². The molecule has 0 amide bonds. The van der Waals surface area contributed by atoms with Gasteiger partial charge in [0.2, 0.25) is 0 Å². The highest BCUT2D eigenvalue weighted by molar-refractivity contribution is 5.86. The lowest BCUT2D eigenvalue weighted by molar-refractivity contribution is -0.147. The van der Waals surface area contributed by atoms with Gasteiger partial charge in [0, 0.05) is 17.0 Å². The van der Waals surface area contributed by atoms with Gasteiger partial charge in [0.1, 0.15) is 23.3 Å². The number of carbonyl (C=O) groups is 1. The molecule has 0 radical (unpaired) electrons. The minimum atomic E-state index is -0.448. The summed E-state index contributed by atoms with van der Waals surface area (Å²) < 4.78 is 29.0. The standard InChI is InChI=1S/C19H17FO4/c1-12(13-3-5-15(20)6-4-13)24-19(21)9-14-11-23-18-10-16(22-2)7-8-17(14)18/h3-8,10-12H,9H2,1-2H3/t12-/m0/s1. The first-order chi connectivity index (χ1) is 11.6. The van der Waals surface area contributed by atoms with E-state index in [0.29, 0.717) is 11.3 Å². The highest BCUT2D eigenvalue weighted by atomic mass is 19.1. The van der Waals surface area contributed by atoms with Crippen LogP contribution in [-0.2, 0) is 16.0 Å². The molecule has 0 N–H and O–H groups in total. The second-order valence-corrected chi connectivity index (χ2v) is 5.48. The minimum absolute atomic E-state index is 0.102. The number of esters is 1. The van der Waals surface area contributed by atoms with Crippen LogP contribution < -0.4 is 4.74 Å². The lowest BCUT2D eigenvalue weighted by atomic mass is 10.1. The van der Waals surface area contributed by atoms with E-state index in [1.807, 2.05) is 12.1 Å². The van der Waals surface area contributed by atoms with Crippen LogP contribution in [0.25, 0.3) is 11.0 Å². The van der Waals surface area contributed by atoms with E-state index in [1.165, 1.54) is 12.1 Å². The first-order valence-electron chi connectivity index (χ1n) is 7.56. The van der Waals surface area contributed by atoms with Crippen molar-refractivity contribution < 1.29 is 23.1 Å². The van der Waals surface area contributed by atoms with Gasteiger partial charge in [0.25, 0.3) is 0 Å². The molecule has 4 nitrogen and oxygen atoms in total. The maximum Gasteiger partial charge on any atom is 0.311 e. The Balaban J connectivity index is 1.69. The smallest absolute Gasteiger partial charge is 0.311 e. The number of furan rings is 1. The predicted molar refractivity (Wildman–Crippen MR) is 87.4 cm³/mol. The normalized spacial score (nSPS) is 12.1. The van der Waals surface area contributed by atoms with Crippen LogP contribution in [0, 0.1) is 5.82 Å². The van der Waals surface area contributed by atoms with Crippen molar-refractivity contribution >= 4 is 16.9 Å². The monoisotopic (exact) mass is 328 g/mol. The van der Waals surface area contributed by atoms with E-state index >= 15 is 0 Å². The van der Waals surface area contributed by atoms with Crippen molar-refractivity contribution in [2.24, 2.45) is 0 Å². The minimum Gasteiger partial charge on any atom is -0.497 e. The fourth-order valence-corrected chi connectivity index (χ4v) is 2.52. The van der Waals surface area contributed by atoms with Gasteiger partial charge in [0.05, 0.1) is 19.8 Å². The van der Waals surface area contributed by atoms with Gasteiger partial charge in [-0.2, -0.15) is 0 Å². The van der Waals surface area contributed by atoms with Gasteiger partial charge in [-0.15, -0.1) is 0 Å². The molecule has 0 aliphatic rings. The number of ether oxygens (including phenoxy) is 2. The highest BCUT2D eigenvalue weighted by Gasteiger charge is 2.15. The van der Waals surface area contributed by atoms with Gasteiger partial charge in [0.15, 0.2) is 0 Å². The summed E-state index contributed by atoms with van der Waals surface area (Å²) in [6, 6.07) is 11.3. The van der Waals surface area contributed by atoms with Crippen LogP contribution in [0.5, 0.6) is 5.75 Å². The molecule has 24 heavy (non-hydrogen) atoms. The van der Waals surface area contributed by atoms with E-state index in [0.717, 1.165) is 16.5 Å². The molecule has 1 atom stereocenters. The third-order valence-corrected chi connectivity index (χ3v) is 3.85. The van der Waals surface area contributed by atoms with Crippen LogP contribution in [0.15, 0.2) is 53.1 Å². The highest BCUT2D eigenvalue weighted by Crippen LogP contribution is 2.26. The van der Waals surface area contributed by atoms with Gasteiger partial charge in [-0.1, -0.05) is 12.1 Å². The van der Waals surface area contributed by atoms with Gasteiger partial charge >= 0.3 is 5.97 Å². The Labute approximate surface area is 138 Å². The van der Waals surface area contributed by atoms with Crippen LogP contribution in [-0.4, -0.2) is 13.1 Å². The number of carbonyl (C=O) groups excluding carboxylic acids is 1. The molecule has 124 valence electrons. The Morgan fingerprint density at radius 3 is 2.67 bits per heavy atom. The lowest BCUT2D eigenvalue weighted by Gasteiger charge is -2.13. The first kappa shape index (κ1) is 16.1. The zero-order valence-corrected chi connectivity index (χ0v) is 13.4. The third-order valence-electron chi connectivity index (χ3n) is 3.85. The van der Waals surface area contributed by atoms with Gasteiger partial charge < -0.3 is 13.9 Å². The number of halogens is 1. The Morgan fingerprint density at radius 2 is 1.96 bits per heavy atom. The SMILES string of the molecule is COc1ccc2c(CC(=O)O[C@@H](C)c3ccc(F)cc3)coc2c1. The summed E-state index contributed by atoms with van der Waals surface area (Å²) in [7, 11) is 1.58. The summed E-state index contributed by atoms with van der Waals surface area (Å²) >= 11 is 0. The molecule has 0 unspecified atom stereocenters. The molecule has 1 heterocycles. The van der Waals surface area contributed by atoms with Gasteiger partial charge in [-0.3, -0.25) is 4.79 Å². The van der Waals surface area contributed by atoms with Crippen LogP contribution in [0.3, 0.4) is 0 Å². The van der Waals surface area contributed by atoms with Crippen molar-refractivity contribution in [2.45, 2.75) is 19.4 Å². The van der Waals surface area contributed by atoms with Crippen molar-refractivity contribution in [1.82, 2.24) is 0 Å². The molecule has 0 saturated carbocycles. The van der Waals surface area contributed by atoms with Crippen molar-refractivity contribution in [2.75, 3.05) is 7.11 Å². The van der Waals surface area contributed by atoms with E-state index in [9.17, 15) is 9.18 Å².